The number of benzene rings is 1. The van der Waals surface area contributed by atoms with Gasteiger partial charge in [-0.3, -0.25) is 10.1 Å². The van der Waals surface area contributed by atoms with Crippen LogP contribution in [0, 0.1) is 15.0 Å². The van der Waals surface area contributed by atoms with Crippen LogP contribution in [0.3, 0.4) is 0 Å². The van der Waals surface area contributed by atoms with Gasteiger partial charge < -0.3 is 5.11 Å². The number of aromatic hydroxyl groups is 1. The van der Waals surface area contributed by atoms with Gasteiger partial charge in [0.2, 0.25) is 0 Å². The lowest BCUT2D eigenvalue weighted by Crippen LogP contribution is -2.47. The predicted molar refractivity (Wildman–Crippen MR) is 73.1 cm³/mol. The standard InChI is InChI=1S/C13H15N3O4/c1-12(2)13(3,4)15(18)11(14-12)9-7-8(16(19)20)5-6-10(9)17/h5-7H,1-4H3/p+1. The summed E-state index contributed by atoms with van der Waals surface area (Å²) >= 11 is 0. The molecular weight excluding hydrogens is 262 g/mol. The van der Waals surface area contributed by atoms with Crippen molar-refractivity contribution in [2.75, 3.05) is 0 Å². The Kier molecular flexibility index (Phi) is 2.89. The Bertz CT molecular complexity index is 647. The van der Waals surface area contributed by atoms with Crippen molar-refractivity contribution < 1.29 is 14.8 Å². The summed E-state index contributed by atoms with van der Waals surface area (Å²) in [5.74, 6) is -0.190. The maximum atomic E-state index is 12.4. The van der Waals surface area contributed by atoms with Crippen molar-refractivity contribution in [3.8, 4) is 5.75 Å². The van der Waals surface area contributed by atoms with Crippen molar-refractivity contribution in [3.05, 3.63) is 38.8 Å². The average Bonchev–Trinajstić information content (AvgIpc) is 2.50. The zero-order chi connectivity index (χ0) is 15.3. The number of phenols is 1. The predicted octanol–water partition coefficient (Wildman–Crippen LogP) is 2.40. The molecule has 0 aliphatic carbocycles. The van der Waals surface area contributed by atoms with Gasteiger partial charge in [0, 0.05) is 12.1 Å². The molecule has 0 atom stereocenters. The van der Waals surface area contributed by atoms with Crippen molar-refractivity contribution in [1.29, 1.82) is 0 Å². The number of rotatable bonds is 2. The molecular formula is C13H16N3O4+. The van der Waals surface area contributed by atoms with Gasteiger partial charge in [0.1, 0.15) is 11.3 Å². The van der Waals surface area contributed by atoms with E-state index in [0.717, 1.165) is 6.07 Å². The van der Waals surface area contributed by atoms with E-state index < -0.39 is 16.0 Å². The van der Waals surface area contributed by atoms with E-state index in [1.54, 1.807) is 27.7 Å². The van der Waals surface area contributed by atoms with Gasteiger partial charge in [-0.15, -0.1) is 0 Å². The first-order valence-corrected chi connectivity index (χ1v) is 6.13. The van der Waals surface area contributed by atoms with Crippen molar-refractivity contribution in [1.82, 2.24) is 0 Å². The van der Waals surface area contributed by atoms with E-state index in [9.17, 15) is 20.1 Å². The molecule has 7 nitrogen and oxygen atoms in total. The number of hydrogen-bond donors (Lipinski definition) is 1. The van der Waals surface area contributed by atoms with Gasteiger partial charge in [0.15, 0.2) is 11.1 Å². The van der Waals surface area contributed by atoms with Gasteiger partial charge >= 0.3 is 5.84 Å². The van der Waals surface area contributed by atoms with Crippen molar-refractivity contribution >= 4 is 11.5 Å². The Morgan fingerprint density at radius 2 is 1.90 bits per heavy atom. The van der Waals surface area contributed by atoms with Crippen LogP contribution in [0.1, 0.15) is 33.3 Å². The summed E-state index contributed by atoms with van der Waals surface area (Å²) in [7, 11) is 0. The first-order valence-electron chi connectivity index (χ1n) is 6.13. The summed E-state index contributed by atoms with van der Waals surface area (Å²) in [6.07, 6.45) is 0. The monoisotopic (exact) mass is 278 g/mol. The summed E-state index contributed by atoms with van der Waals surface area (Å²) in [6, 6.07) is 3.54. The van der Waals surface area contributed by atoms with Crippen LogP contribution in [-0.4, -0.2) is 31.7 Å². The highest BCUT2D eigenvalue weighted by molar-refractivity contribution is 5.97. The average molecular weight is 278 g/mol. The molecule has 0 saturated heterocycles. The second kappa shape index (κ2) is 4.09. The number of nitrogens with zero attached hydrogens (tertiary/aromatic N) is 3. The van der Waals surface area contributed by atoms with Gasteiger partial charge in [-0.1, -0.05) is 9.90 Å². The first-order chi connectivity index (χ1) is 9.08. The molecule has 106 valence electrons. The minimum Gasteiger partial charge on any atom is -0.507 e. The van der Waals surface area contributed by atoms with Gasteiger partial charge in [0.05, 0.1) is 4.92 Å². The fourth-order valence-corrected chi connectivity index (χ4v) is 1.95. The normalized spacial score (nSPS) is 19.8. The summed E-state index contributed by atoms with van der Waals surface area (Å²) in [4.78, 5) is 26.9. The minimum atomic E-state index is -0.806. The lowest BCUT2D eigenvalue weighted by molar-refractivity contribution is -0.514. The highest BCUT2D eigenvalue weighted by atomic mass is 16.6. The molecule has 0 radical (unpaired) electrons. The second-order valence-corrected chi connectivity index (χ2v) is 5.81. The van der Waals surface area contributed by atoms with Crippen molar-refractivity contribution in [3.63, 3.8) is 0 Å². The zero-order valence-corrected chi connectivity index (χ0v) is 11.7. The van der Waals surface area contributed by atoms with E-state index in [1.807, 2.05) is 0 Å². The maximum absolute atomic E-state index is 12.4. The Balaban J connectivity index is 2.61. The van der Waals surface area contributed by atoms with E-state index in [2.05, 4.69) is 4.99 Å². The third-order valence-electron chi connectivity index (χ3n) is 4.01. The Morgan fingerprint density at radius 1 is 1.30 bits per heavy atom. The molecule has 1 aromatic carbocycles. The molecule has 1 aromatic rings. The molecule has 1 aliphatic heterocycles. The largest absolute Gasteiger partial charge is 0.507 e. The van der Waals surface area contributed by atoms with E-state index in [1.165, 1.54) is 12.1 Å². The van der Waals surface area contributed by atoms with Crippen LogP contribution in [0.5, 0.6) is 5.75 Å². The number of nitro benzene ring substituents is 1. The van der Waals surface area contributed by atoms with Gasteiger partial charge in [-0.05, 0) is 38.5 Å². The highest BCUT2D eigenvalue weighted by Crippen LogP contribution is 2.38. The summed E-state index contributed by atoms with van der Waals surface area (Å²) < 4.78 is 0.700. The highest BCUT2D eigenvalue weighted by Gasteiger charge is 2.59. The van der Waals surface area contributed by atoms with E-state index in [-0.39, 0.29) is 22.8 Å². The lowest BCUT2D eigenvalue weighted by Gasteiger charge is -2.22. The van der Waals surface area contributed by atoms with Crippen molar-refractivity contribution in [2.45, 2.75) is 38.8 Å². The number of hydrogen-bond acceptors (Lipinski definition) is 5. The molecule has 0 bridgehead atoms. The molecule has 7 heteroatoms. The number of aliphatic imine (C=N–C) groups is 1. The lowest BCUT2D eigenvalue weighted by atomic mass is 9.84. The Hall–Kier alpha value is -2.31. The van der Waals surface area contributed by atoms with Crippen LogP contribution in [0.2, 0.25) is 0 Å². The number of phenolic OH excluding ortho intramolecular Hbond substituents is 1. The molecule has 1 heterocycles. The molecule has 1 N–H and O–H groups in total. The second-order valence-electron chi connectivity index (χ2n) is 5.81. The van der Waals surface area contributed by atoms with E-state index >= 15 is 0 Å². The maximum Gasteiger partial charge on any atom is 0.368 e. The SMILES string of the molecule is CC1(C)N=C(c2cc([N+](=O)[O-])ccc2O)[N+](=O)C1(C)C. The molecule has 0 aromatic heterocycles. The van der Waals surface area contributed by atoms with E-state index in [4.69, 9.17) is 0 Å². The topological polar surface area (TPSA) is 95.8 Å². The van der Waals surface area contributed by atoms with Gasteiger partial charge in [-0.2, -0.15) is 0 Å². The van der Waals surface area contributed by atoms with Crippen LogP contribution < -0.4 is 0 Å². The molecule has 0 saturated carbocycles. The summed E-state index contributed by atoms with van der Waals surface area (Å²) in [6.45, 7) is 7.09. The molecule has 0 fully saturated rings. The van der Waals surface area contributed by atoms with E-state index in [0.29, 0.717) is 4.76 Å². The summed E-state index contributed by atoms with van der Waals surface area (Å²) in [5, 5.41) is 20.7. The number of nitro groups is 1. The molecule has 0 spiro atoms. The van der Waals surface area contributed by atoms with Crippen molar-refractivity contribution in [2.24, 2.45) is 4.99 Å². The van der Waals surface area contributed by atoms with Gasteiger partial charge in [0.25, 0.3) is 5.69 Å². The van der Waals surface area contributed by atoms with Crippen LogP contribution in [0.4, 0.5) is 5.69 Å². The van der Waals surface area contributed by atoms with Crippen LogP contribution >= 0.6 is 0 Å². The van der Waals surface area contributed by atoms with Gasteiger partial charge in [-0.25, -0.2) is 0 Å². The molecule has 1 aliphatic rings. The Labute approximate surface area is 115 Å². The van der Waals surface area contributed by atoms with Crippen LogP contribution in [0.15, 0.2) is 23.2 Å². The molecule has 2 rings (SSSR count). The fourth-order valence-electron chi connectivity index (χ4n) is 1.95. The smallest absolute Gasteiger partial charge is 0.368 e. The molecule has 20 heavy (non-hydrogen) atoms. The Morgan fingerprint density at radius 3 is 2.35 bits per heavy atom. The van der Waals surface area contributed by atoms with Crippen LogP contribution in [0.25, 0.3) is 0 Å². The van der Waals surface area contributed by atoms with Crippen LogP contribution in [-0.2, 0) is 0 Å². The number of amidine groups is 1. The third kappa shape index (κ3) is 1.86. The molecule has 0 unspecified atom stereocenters. The quantitative estimate of drug-likeness (QED) is 0.510. The summed E-state index contributed by atoms with van der Waals surface area (Å²) in [5.41, 5.74) is -1.59. The number of non-ortho nitro benzene ring substituents is 1. The first kappa shape index (κ1) is 14.1. The molecule has 0 amide bonds. The third-order valence-corrected chi connectivity index (χ3v) is 4.01. The minimum absolute atomic E-state index is 0.0150. The number of nitroso groups, excluding NO2 is 1. The zero-order valence-electron chi connectivity index (χ0n) is 11.7. The fraction of sp³-hybridized carbons (Fsp3) is 0.462.